The third-order valence-electron chi connectivity index (χ3n) is 4.72. The summed E-state index contributed by atoms with van der Waals surface area (Å²) in [6.45, 7) is 1.57. The second kappa shape index (κ2) is 6.16. The third-order valence-corrected chi connectivity index (χ3v) is 6.59. The molecule has 4 rings (SSSR count). The lowest BCUT2D eigenvalue weighted by Crippen LogP contribution is -2.52. The van der Waals surface area contributed by atoms with Crippen LogP contribution in [0, 0.1) is 5.21 Å². The number of quaternary nitrogens is 1. The Bertz CT molecular complexity index is 1010. The minimum atomic E-state index is -3.95. The van der Waals surface area contributed by atoms with Crippen molar-refractivity contribution in [3.8, 4) is 0 Å². The standard InChI is InChI=1S/C16H18N4O5S/c21-16-15-13(18-12-3-1-2-4-14(12)26(15,23)24)11-17-19(16)5-6-20(22)7-9-25-10-8-20/h1-4,11,18H,5-10H2. The van der Waals surface area contributed by atoms with Crippen LogP contribution in [-0.4, -0.2) is 55.7 Å². The van der Waals surface area contributed by atoms with Gasteiger partial charge in [-0.2, -0.15) is 5.10 Å². The summed E-state index contributed by atoms with van der Waals surface area (Å²) in [5, 5.41) is 19.6. The zero-order valence-corrected chi connectivity index (χ0v) is 14.7. The van der Waals surface area contributed by atoms with Gasteiger partial charge in [-0.3, -0.25) is 4.79 Å². The zero-order chi connectivity index (χ0) is 18.4. The van der Waals surface area contributed by atoms with Gasteiger partial charge in [-0.1, -0.05) is 12.1 Å². The number of para-hydroxylation sites is 1. The van der Waals surface area contributed by atoms with Crippen molar-refractivity contribution in [3.63, 3.8) is 0 Å². The maximum atomic E-state index is 12.9. The normalized spacial score (nSPS) is 19.9. The average molecular weight is 378 g/mol. The first-order valence-electron chi connectivity index (χ1n) is 8.27. The van der Waals surface area contributed by atoms with Gasteiger partial charge in [-0.15, -0.1) is 0 Å². The lowest BCUT2D eigenvalue weighted by Gasteiger charge is -2.45. The molecule has 2 aliphatic heterocycles. The Morgan fingerprint density at radius 1 is 1.23 bits per heavy atom. The molecule has 0 amide bonds. The number of hydrogen-bond acceptors (Lipinski definition) is 7. The van der Waals surface area contributed by atoms with Crippen LogP contribution in [0.15, 0.2) is 45.0 Å². The predicted molar refractivity (Wildman–Crippen MR) is 92.7 cm³/mol. The van der Waals surface area contributed by atoms with E-state index in [0.29, 0.717) is 32.0 Å². The molecule has 0 unspecified atom stereocenters. The van der Waals surface area contributed by atoms with Gasteiger partial charge in [-0.05, 0) is 12.1 Å². The fraction of sp³-hybridized carbons (Fsp3) is 0.375. The molecule has 1 fully saturated rings. The number of nitrogens with one attached hydrogen (secondary N) is 1. The molecular weight excluding hydrogens is 360 g/mol. The summed E-state index contributed by atoms with van der Waals surface area (Å²) in [5.74, 6) is 0. The quantitative estimate of drug-likeness (QED) is 0.521. The summed E-state index contributed by atoms with van der Waals surface area (Å²) in [6, 6.07) is 6.40. The largest absolute Gasteiger partial charge is 0.633 e. The van der Waals surface area contributed by atoms with E-state index in [1.54, 1.807) is 18.2 Å². The Labute approximate surface area is 149 Å². The number of anilines is 2. The van der Waals surface area contributed by atoms with E-state index in [4.69, 9.17) is 4.74 Å². The number of morpholine rings is 1. The monoisotopic (exact) mass is 378 g/mol. The van der Waals surface area contributed by atoms with Crippen LogP contribution in [0.25, 0.3) is 0 Å². The molecule has 138 valence electrons. The number of benzene rings is 1. The number of ether oxygens (including phenoxy) is 1. The zero-order valence-electron chi connectivity index (χ0n) is 13.9. The van der Waals surface area contributed by atoms with E-state index in [0.717, 1.165) is 4.68 Å². The Balaban J connectivity index is 1.69. The summed E-state index contributed by atoms with van der Waals surface area (Å²) in [6.07, 6.45) is 1.32. The van der Waals surface area contributed by atoms with Crippen molar-refractivity contribution in [2.75, 3.05) is 38.2 Å². The summed E-state index contributed by atoms with van der Waals surface area (Å²) >= 11 is 0. The molecule has 3 heterocycles. The summed E-state index contributed by atoms with van der Waals surface area (Å²) < 4.78 is 31.5. The highest BCUT2D eigenvalue weighted by molar-refractivity contribution is 7.92. The van der Waals surface area contributed by atoms with E-state index in [1.807, 2.05) is 0 Å². The molecule has 0 saturated carbocycles. The first-order valence-corrected chi connectivity index (χ1v) is 9.75. The molecule has 9 nitrogen and oxygen atoms in total. The summed E-state index contributed by atoms with van der Waals surface area (Å²) in [5.41, 5.74) is -0.150. The van der Waals surface area contributed by atoms with E-state index in [9.17, 15) is 18.4 Å². The van der Waals surface area contributed by atoms with Crippen LogP contribution in [0.2, 0.25) is 0 Å². The van der Waals surface area contributed by atoms with Crippen LogP contribution in [0.4, 0.5) is 11.4 Å². The highest BCUT2D eigenvalue weighted by Gasteiger charge is 2.33. The number of nitrogens with zero attached hydrogens (tertiary/aromatic N) is 3. The number of hydroxylamine groups is 3. The van der Waals surface area contributed by atoms with E-state index in [1.165, 1.54) is 12.3 Å². The second-order valence-corrected chi connectivity index (χ2v) is 8.24. The van der Waals surface area contributed by atoms with Crippen molar-refractivity contribution in [3.05, 3.63) is 46.0 Å². The minimum Gasteiger partial charge on any atom is -0.633 e. The lowest BCUT2D eigenvalue weighted by molar-refractivity contribution is -0.889. The summed E-state index contributed by atoms with van der Waals surface area (Å²) in [7, 11) is -3.95. The van der Waals surface area contributed by atoms with Gasteiger partial charge < -0.3 is 19.9 Å². The highest BCUT2D eigenvalue weighted by Crippen LogP contribution is 2.36. The first-order chi connectivity index (χ1) is 12.4. The maximum absolute atomic E-state index is 12.9. The molecule has 0 bridgehead atoms. The molecule has 1 aromatic carbocycles. The van der Waals surface area contributed by atoms with Crippen LogP contribution in [-0.2, 0) is 21.1 Å². The van der Waals surface area contributed by atoms with Gasteiger partial charge in [0.2, 0.25) is 9.84 Å². The molecule has 1 N–H and O–H groups in total. The van der Waals surface area contributed by atoms with Crippen LogP contribution >= 0.6 is 0 Å². The van der Waals surface area contributed by atoms with Gasteiger partial charge >= 0.3 is 0 Å². The van der Waals surface area contributed by atoms with Gasteiger partial charge in [0.05, 0.1) is 48.8 Å². The van der Waals surface area contributed by atoms with E-state index >= 15 is 0 Å². The van der Waals surface area contributed by atoms with Crippen molar-refractivity contribution < 1.29 is 17.8 Å². The topological polar surface area (TPSA) is 113 Å². The van der Waals surface area contributed by atoms with Crippen molar-refractivity contribution >= 4 is 21.2 Å². The first kappa shape index (κ1) is 17.2. The van der Waals surface area contributed by atoms with E-state index in [-0.39, 0.29) is 28.6 Å². The fourth-order valence-electron chi connectivity index (χ4n) is 3.21. The van der Waals surface area contributed by atoms with Crippen molar-refractivity contribution in [1.82, 2.24) is 9.78 Å². The molecule has 2 aromatic rings. The molecule has 26 heavy (non-hydrogen) atoms. The number of hydrogen-bond donors (Lipinski definition) is 1. The van der Waals surface area contributed by atoms with Gasteiger partial charge in [0.15, 0.2) is 4.90 Å². The number of rotatable bonds is 3. The van der Waals surface area contributed by atoms with E-state index < -0.39 is 20.0 Å². The van der Waals surface area contributed by atoms with Crippen LogP contribution < -0.4 is 10.9 Å². The van der Waals surface area contributed by atoms with Gasteiger partial charge in [0.25, 0.3) is 5.56 Å². The highest BCUT2D eigenvalue weighted by atomic mass is 32.2. The molecule has 0 aliphatic carbocycles. The molecule has 10 heteroatoms. The maximum Gasteiger partial charge on any atom is 0.288 e. The van der Waals surface area contributed by atoms with Crippen LogP contribution in [0.3, 0.4) is 0 Å². The Morgan fingerprint density at radius 2 is 1.96 bits per heavy atom. The Morgan fingerprint density at radius 3 is 2.73 bits per heavy atom. The molecule has 0 radical (unpaired) electrons. The molecule has 1 saturated heterocycles. The molecule has 1 aromatic heterocycles. The predicted octanol–water partition coefficient (Wildman–Crippen LogP) is 0.478. The van der Waals surface area contributed by atoms with Crippen LogP contribution in [0.1, 0.15) is 0 Å². The van der Waals surface area contributed by atoms with Crippen LogP contribution in [0.5, 0.6) is 0 Å². The Hall–Kier alpha value is -2.27. The van der Waals surface area contributed by atoms with E-state index in [2.05, 4.69) is 10.4 Å². The Kier molecular flexibility index (Phi) is 4.07. The fourth-order valence-corrected chi connectivity index (χ4v) is 4.83. The molecule has 0 atom stereocenters. The number of fused-ring (bicyclic) bond motifs is 2. The second-order valence-electron chi connectivity index (χ2n) is 6.38. The van der Waals surface area contributed by atoms with Crippen molar-refractivity contribution in [1.29, 1.82) is 0 Å². The van der Waals surface area contributed by atoms with Gasteiger partial charge in [-0.25, -0.2) is 13.1 Å². The smallest absolute Gasteiger partial charge is 0.288 e. The molecule has 0 spiro atoms. The van der Waals surface area contributed by atoms with Crippen molar-refractivity contribution in [2.24, 2.45) is 0 Å². The number of sulfone groups is 1. The van der Waals surface area contributed by atoms with Gasteiger partial charge in [0.1, 0.15) is 13.1 Å². The lowest BCUT2D eigenvalue weighted by atomic mass is 10.3. The molecular formula is C16H18N4O5S. The molecule has 2 aliphatic rings. The third kappa shape index (κ3) is 2.80. The number of aromatic nitrogens is 2. The van der Waals surface area contributed by atoms with Gasteiger partial charge in [0, 0.05) is 0 Å². The van der Waals surface area contributed by atoms with Crippen molar-refractivity contribution in [2.45, 2.75) is 16.3 Å². The summed E-state index contributed by atoms with van der Waals surface area (Å²) in [4.78, 5) is 12.5. The average Bonchev–Trinajstić information content (AvgIpc) is 2.61. The minimum absolute atomic E-state index is 0.0484. The SMILES string of the molecule is O=c1c2c(cnn1CC[N+]1([O-])CCOCC1)Nc1ccccc1S2(=O)=O.